The molecule has 35 heavy (non-hydrogen) atoms. The Balaban J connectivity index is 1.51. The molecule has 0 saturated heterocycles. The average Bonchev–Trinajstić information content (AvgIpc) is 3.15. The number of nitrogens with zero attached hydrogens (tertiary/aromatic N) is 1. The number of hydrogen-bond donors (Lipinski definition) is 1. The minimum atomic E-state index is -0.650. The summed E-state index contributed by atoms with van der Waals surface area (Å²) in [4.78, 5) is 13.2. The van der Waals surface area contributed by atoms with Gasteiger partial charge in [0.2, 0.25) is 5.88 Å². The van der Waals surface area contributed by atoms with E-state index in [4.69, 9.17) is 50.0 Å². The van der Waals surface area contributed by atoms with Crippen LogP contribution in [0.4, 0.5) is 0 Å². The van der Waals surface area contributed by atoms with Gasteiger partial charge in [0.05, 0.1) is 16.0 Å². The first-order valence-electron chi connectivity index (χ1n) is 10.0. The lowest BCUT2D eigenvalue weighted by Crippen LogP contribution is -2.21. The van der Waals surface area contributed by atoms with Crippen LogP contribution in [0.5, 0.6) is 11.5 Å². The van der Waals surface area contributed by atoms with Crippen LogP contribution in [0.15, 0.2) is 70.5 Å². The van der Waals surface area contributed by atoms with Crippen molar-refractivity contribution in [1.82, 2.24) is 0 Å². The summed E-state index contributed by atoms with van der Waals surface area (Å²) in [6, 6.07) is 17.9. The second kappa shape index (κ2) is 9.38. The molecule has 0 radical (unpaired) electrons. The van der Waals surface area contributed by atoms with Crippen LogP contribution in [0.25, 0.3) is 10.1 Å². The lowest BCUT2D eigenvalue weighted by Gasteiger charge is -2.27. The zero-order chi connectivity index (χ0) is 24.9. The first kappa shape index (κ1) is 24.0. The van der Waals surface area contributed by atoms with Crippen molar-refractivity contribution in [2.75, 3.05) is 0 Å². The summed E-state index contributed by atoms with van der Waals surface area (Å²) < 4.78 is 12.8. The minimum absolute atomic E-state index is 0.0108. The van der Waals surface area contributed by atoms with Crippen LogP contribution in [0.1, 0.15) is 26.7 Å². The Morgan fingerprint density at radius 3 is 2.63 bits per heavy atom. The zero-order valence-corrected chi connectivity index (χ0v) is 22.1. The zero-order valence-electron chi connectivity index (χ0n) is 17.4. The fourth-order valence-corrected chi connectivity index (χ4v) is 6.68. The Bertz CT molecular complexity index is 1610. The number of halogens is 4. The maximum absolute atomic E-state index is 13.0. The van der Waals surface area contributed by atoms with Gasteiger partial charge in [-0.15, -0.1) is 11.3 Å². The molecule has 2 N–H and O–H groups in total. The number of benzene rings is 3. The van der Waals surface area contributed by atoms with Crippen LogP contribution in [-0.4, -0.2) is 5.97 Å². The van der Waals surface area contributed by atoms with E-state index >= 15 is 0 Å². The maximum Gasteiger partial charge on any atom is 0.355 e. The number of nitrogens with two attached hydrogens (primary N) is 1. The normalized spacial score (nSPS) is 14.9. The highest BCUT2D eigenvalue weighted by atomic mass is 79.9. The van der Waals surface area contributed by atoms with Gasteiger partial charge in [-0.05, 0) is 29.8 Å². The Labute approximate surface area is 227 Å². The first-order valence-corrected chi connectivity index (χ1v) is 12.8. The third-order valence-corrected chi connectivity index (χ3v) is 8.30. The Hall–Kier alpha value is -2.73. The molecule has 174 valence electrons. The van der Waals surface area contributed by atoms with Crippen molar-refractivity contribution in [2.45, 2.75) is 5.92 Å². The minimum Gasteiger partial charge on any atom is -0.440 e. The molecule has 3 aromatic carbocycles. The molecule has 1 aliphatic heterocycles. The topological polar surface area (TPSA) is 85.3 Å². The van der Waals surface area contributed by atoms with E-state index in [0.29, 0.717) is 37.0 Å². The number of ether oxygens (including phenoxy) is 2. The van der Waals surface area contributed by atoms with E-state index in [1.165, 1.54) is 0 Å². The Morgan fingerprint density at radius 1 is 1.11 bits per heavy atom. The highest BCUT2D eigenvalue weighted by Gasteiger charge is 2.32. The van der Waals surface area contributed by atoms with Crippen LogP contribution in [0.3, 0.4) is 0 Å². The molecule has 0 bridgehead atoms. The lowest BCUT2D eigenvalue weighted by molar-refractivity contribution is 0.0740. The van der Waals surface area contributed by atoms with Gasteiger partial charge in [-0.1, -0.05) is 75.0 Å². The van der Waals surface area contributed by atoms with Crippen LogP contribution < -0.4 is 15.2 Å². The molecule has 0 spiro atoms. The molecule has 5 rings (SSSR count). The summed E-state index contributed by atoms with van der Waals surface area (Å²) >= 11 is 23.5. The molecule has 1 unspecified atom stereocenters. The molecular formula is C25H12BrCl3N2O3S. The van der Waals surface area contributed by atoms with Gasteiger partial charge in [0, 0.05) is 31.2 Å². The number of carbonyl (C=O) groups is 1. The molecule has 1 aromatic heterocycles. The summed E-state index contributed by atoms with van der Waals surface area (Å²) in [6.07, 6.45) is 0. The third kappa shape index (κ3) is 4.26. The molecule has 0 fully saturated rings. The van der Waals surface area contributed by atoms with Gasteiger partial charge in [-0.3, -0.25) is 0 Å². The standard InChI is InChI=1S/C25H12BrCl3N2O3S/c26-16-4-2-1-3-13(16)20-14-6-5-12(9-18(14)34-24(31)15(20)10-30)33-25(32)23-22(29)21-17(28)7-11(27)8-19(21)35-23/h1-9,20H,31H2. The van der Waals surface area contributed by atoms with E-state index in [0.717, 1.165) is 21.4 Å². The Kier molecular flexibility index (Phi) is 6.43. The van der Waals surface area contributed by atoms with E-state index in [9.17, 15) is 10.1 Å². The number of thiophene rings is 1. The number of nitriles is 1. The number of rotatable bonds is 3. The van der Waals surface area contributed by atoms with Crippen LogP contribution in [-0.2, 0) is 0 Å². The average molecular weight is 607 g/mol. The van der Waals surface area contributed by atoms with Gasteiger partial charge in [-0.25, -0.2) is 4.79 Å². The number of esters is 1. The monoisotopic (exact) mass is 604 g/mol. The van der Waals surface area contributed by atoms with Gasteiger partial charge >= 0.3 is 5.97 Å². The van der Waals surface area contributed by atoms with Gasteiger partial charge in [0.1, 0.15) is 28.0 Å². The highest BCUT2D eigenvalue weighted by Crippen LogP contribution is 2.46. The SMILES string of the molecule is N#CC1=C(N)Oc2cc(OC(=O)c3sc4cc(Cl)cc(Cl)c4c3Cl)ccc2C1c1ccccc1Br. The Morgan fingerprint density at radius 2 is 1.89 bits per heavy atom. The van der Waals surface area contributed by atoms with Crippen LogP contribution >= 0.6 is 62.1 Å². The van der Waals surface area contributed by atoms with Crippen molar-refractivity contribution < 1.29 is 14.3 Å². The summed E-state index contributed by atoms with van der Waals surface area (Å²) in [5.41, 5.74) is 7.95. The molecule has 1 atom stereocenters. The summed E-state index contributed by atoms with van der Waals surface area (Å²) in [5, 5.41) is 11.3. The van der Waals surface area contributed by atoms with E-state index in [1.807, 2.05) is 24.3 Å². The van der Waals surface area contributed by atoms with Crippen LogP contribution in [0.2, 0.25) is 15.1 Å². The van der Waals surface area contributed by atoms with Gasteiger partial charge in [0.25, 0.3) is 0 Å². The predicted octanol–water partition coefficient (Wildman–Crippen LogP) is 8.06. The second-order valence-corrected chi connectivity index (χ2v) is 10.7. The third-order valence-electron chi connectivity index (χ3n) is 5.45. The largest absolute Gasteiger partial charge is 0.440 e. The van der Waals surface area contributed by atoms with Gasteiger partial charge in [-0.2, -0.15) is 5.26 Å². The number of allylic oxidation sites excluding steroid dienone is 1. The smallest absolute Gasteiger partial charge is 0.355 e. The molecule has 5 nitrogen and oxygen atoms in total. The van der Waals surface area contributed by atoms with Gasteiger partial charge < -0.3 is 15.2 Å². The molecule has 10 heteroatoms. The molecular weight excluding hydrogens is 595 g/mol. The summed E-state index contributed by atoms with van der Waals surface area (Å²) in [5.74, 6) is -0.505. The van der Waals surface area contributed by atoms with Crippen molar-refractivity contribution in [3.63, 3.8) is 0 Å². The molecule has 4 aromatic rings. The molecule has 1 aliphatic rings. The second-order valence-electron chi connectivity index (χ2n) is 7.54. The van der Waals surface area contributed by atoms with E-state index in [-0.39, 0.29) is 21.5 Å². The molecule has 0 aliphatic carbocycles. The number of carbonyl (C=O) groups excluding carboxylic acids is 1. The first-order chi connectivity index (χ1) is 16.8. The maximum atomic E-state index is 13.0. The fourth-order valence-electron chi connectivity index (χ4n) is 3.92. The van der Waals surface area contributed by atoms with E-state index in [1.54, 1.807) is 30.3 Å². The summed E-state index contributed by atoms with van der Waals surface area (Å²) in [7, 11) is 0. The van der Waals surface area contributed by atoms with Crippen molar-refractivity contribution in [2.24, 2.45) is 5.73 Å². The summed E-state index contributed by atoms with van der Waals surface area (Å²) in [6.45, 7) is 0. The van der Waals surface area contributed by atoms with Crippen molar-refractivity contribution in [3.05, 3.63) is 102 Å². The van der Waals surface area contributed by atoms with Gasteiger partial charge in [0.15, 0.2) is 0 Å². The van der Waals surface area contributed by atoms with Crippen molar-refractivity contribution in [3.8, 4) is 17.6 Å². The predicted molar refractivity (Wildman–Crippen MR) is 142 cm³/mol. The van der Waals surface area contributed by atoms with Crippen LogP contribution in [0, 0.1) is 11.3 Å². The highest BCUT2D eigenvalue weighted by molar-refractivity contribution is 9.10. The quantitative estimate of drug-likeness (QED) is 0.188. The lowest BCUT2D eigenvalue weighted by atomic mass is 9.83. The van der Waals surface area contributed by atoms with E-state index < -0.39 is 11.9 Å². The number of fused-ring (bicyclic) bond motifs is 2. The molecule has 0 saturated carbocycles. The fraction of sp³-hybridized carbons (Fsp3) is 0.0400. The molecule has 0 amide bonds. The van der Waals surface area contributed by atoms with Crippen molar-refractivity contribution in [1.29, 1.82) is 5.26 Å². The van der Waals surface area contributed by atoms with E-state index in [2.05, 4.69) is 22.0 Å². The number of hydrogen-bond acceptors (Lipinski definition) is 6. The van der Waals surface area contributed by atoms with Crippen molar-refractivity contribution >= 4 is 78.1 Å². The molecule has 2 heterocycles.